The minimum absolute atomic E-state index is 0. The van der Waals surface area contributed by atoms with Gasteiger partial charge in [-0.05, 0) is 55.2 Å². The fourth-order valence-corrected chi connectivity index (χ4v) is 4.07. The maximum absolute atomic E-state index is 12.5. The Balaban J connectivity index is 0.00000243. The van der Waals surface area contributed by atoms with Gasteiger partial charge in [-0.1, -0.05) is 18.2 Å². The molecule has 2 aromatic rings. The minimum Gasteiger partial charge on any atom is -0.326 e. The summed E-state index contributed by atoms with van der Waals surface area (Å²) in [5.74, 6) is -0.308. The van der Waals surface area contributed by atoms with Crippen LogP contribution in [0.2, 0.25) is 0 Å². The van der Waals surface area contributed by atoms with Crippen LogP contribution in [0.25, 0.3) is 0 Å². The number of hydrogen-bond donors (Lipinski definition) is 3. The van der Waals surface area contributed by atoms with Crippen LogP contribution in [0.4, 0.5) is 5.69 Å². The maximum Gasteiger partial charge on any atom is 0.255 e. The number of benzene rings is 2. The summed E-state index contributed by atoms with van der Waals surface area (Å²) in [5.41, 5.74) is 8.00. The number of sulfonamides is 1. The highest BCUT2D eigenvalue weighted by atomic mass is 35.5. The number of aryl methyl sites for hydroxylation is 1. The second-order valence-corrected chi connectivity index (χ2v) is 7.92. The van der Waals surface area contributed by atoms with Crippen LogP contribution in [0.1, 0.15) is 34.3 Å². The van der Waals surface area contributed by atoms with E-state index in [4.69, 9.17) is 5.73 Å². The summed E-state index contributed by atoms with van der Waals surface area (Å²) in [5, 5.41) is 2.75. The van der Waals surface area contributed by atoms with Crippen molar-refractivity contribution in [2.75, 3.05) is 5.32 Å². The van der Waals surface area contributed by atoms with Crippen molar-refractivity contribution in [2.45, 2.75) is 37.2 Å². The summed E-state index contributed by atoms with van der Waals surface area (Å²) in [6.45, 7) is 2.08. The van der Waals surface area contributed by atoms with Crippen molar-refractivity contribution in [1.29, 1.82) is 0 Å². The molecule has 4 N–H and O–H groups in total. The minimum atomic E-state index is -3.58. The molecule has 1 aliphatic rings. The summed E-state index contributed by atoms with van der Waals surface area (Å²) < 4.78 is 27.6. The molecule has 0 aromatic heterocycles. The molecule has 26 heavy (non-hydrogen) atoms. The van der Waals surface area contributed by atoms with Crippen molar-refractivity contribution in [2.24, 2.45) is 5.73 Å². The predicted octanol–water partition coefficient (Wildman–Crippen LogP) is 2.57. The normalized spacial score (nSPS) is 13.8. The van der Waals surface area contributed by atoms with E-state index in [1.165, 1.54) is 6.07 Å². The first-order valence-corrected chi connectivity index (χ1v) is 9.61. The van der Waals surface area contributed by atoms with Crippen molar-refractivity contribution in [1.82, 2.24) is 4.72 Å². The third kappa shape index (κ3) is 4.82. The molecule has 0 atom stereocenters. The van der Waals surface area contributed by atoms with E-state index in [9.17, 15) is 13.2 Å². The van der Waals surface area contributed by atoms with E-state index in [1.807, 2.05) is 6.07 Å². The molecule has 0 heterocycles. The Labute approximate surface area is 159 Å². The average molecular weight is 396 g/mol. The van der Waals surface area contributed by atoms with Crippen LogP contribution in [-0.4, -0.2) is 20.4 Å². The monoisotopic (exact) mass is 395 g/mol. The van der Waals surface area contributed by atoms with Gasteiger partial charge in [-0.25, -0.2) is 13.1 Å². The lowest BCUT2D eigenvalue weighted by Gasteiger charge is -2.12. The fraction of sp³-hybridized carbons (Fsp3) is 0.278. The highest BCUT2D eigenvalue weighted by Gasteiger charge is 2.29. The Morgan fingerprint density at radius 3 is 2.58 bits per heavy atom. The van der Waals surface area contributed by atoms with Gasteiger partial charge in [-0.15, -0.1) is 12.4 Å². The molecular weight excluding hydrogens is 374 g/mol. The van der Waals surface area contributed by atoms with Gasteiger partial charge in [-0.2, -0.15) is 0 Å². The quantitative estimate of drug-likeness (QED) is 0.699. The van der Waals surface area contributed by atoms with Crippen LogP contribution >= 0.6 is 12.4 Å². The summed E-state index contributed by atoms with van der Waals surface area (Å²) >= 11 is 0. The number of halogens is 1. The van der Waals surface area contributed by atoms with E-state index in [0.717, 1.165) is 18.4 Å². The molecular formula is C18H22ClN3O3S. The third-order valence-corrected chi connectivity index (χ3v) is 5.72. The fourth-order valence-electron chi connectivity index (χ4n) is 2.49. The van der Waals surface area contributed by atoms with Crippen molar-refractivity contribution >= 4 is 34.0 Å². The van der Waals surface area contributed by atoms with E-state index in [2.05, 4.69) is 10.0 Å². The van der Waals surface area contributed by atoms with E-state index < -0.39 is 10.0 Å². The van der Waals surface area contributed by atoms with Crippen LogP contribution < -0.4 is 15.8 Å². The van der Waals surface area contributed by atoms with Gasteiger partial charge < -0.3 is 11.1 Å². The van der Waals surface area contributed by atoms with Crippen molar-refractivity contribution in [3.63, 3.8) is 0 Å². The lowest BCUT2D eigenvalue weighted by molar-refractivity contribution is 0.102. The number of nitrogens with two attached hydrogens (primary N) is 1. The van der Waals surface area contributed by atoms with Crippen molar-refractivity contribution in [3.8, 4) is 0 Å². The SMILES string of the molecule is Cc1ccc(NC(=O)c2cccc(CN)c2)cc1S(=O)(=O)NC1CC1.Cl. The second kappa shape index (κ2) is 8.18. The smallest absolute Gasteiger partial charge is 0.255 e. The number of nitrogens with one attached hydrogen (secondary N) is 2. The number of carbonyl (C=O) groups excluding carboxylic acids is 1. The number of amides is 1. The molecule has 0 unspecified atom stereocenters. The molecule has 1 amide bonds. The van der Waals surface area contributed by atoms with Gasteiger partial charge in [0, 0.05) is 23.8 Å². The Kier molecular flexibility index (Phi) is 6.41. The lowest BCUT2D eigenvalue weighted by Crippen LogP contribution is -2.26. The van der Waals surface area contributed by atoms with E-state index in [0.29, 0.717) is 23.4 Å². The van der Waals surface area contributed by atoms with Crippen molar-refractivity contribution in [3.05, 3.63) is 59.2 Å². The van der Waals surface area contributed by atoms with Gasteiger partial charge in [0.05, 0.1) is 4.90 Å². The first kappa shape index (κ1) is 20.4. The first-order chi connectivity index (χ1) is 11.9. The highest BCUT2D eigenvalue weighted by Crippen LogP contribution is 2.25. The zero-order valence-electron chi connectivity index (χ0n) is 14.4. The zero-order valence-corrected chi connectivity index (χ0v) is 16.0. The Morgan fingerprint density at radius 1 is 1.19 bits per heavy atom. The Hall–Kier alpha value is -1.93. The van der Waals surface area contributed by atoms with Gasteiger partial charge >= 0.3 is 0 Å². The van der Waals surface area contributed by atoms with Crippen LogP contribution in [0, 0.1) is 6.92 Å². The molecule has 140 valence electrons. The summed E-state index contributed by atoms with van der Waals surface area (Å²) in [6, 6.07) is 11.9. The molecule has 3 rings (SSSR count). The van der Waals surface area contributed by atoms with Gasteiger partial charge in [-0.3, -0.25) is 4.79 Å². The molecule has 1 saturated carbocycles. The zero-order chi connectivity index (χ0) is 18.0. The maximum atomic E-state index is 12.5. The molecule has 8 heteroatoms. The van der Waals surface area contributed by atoms with E-state index in [-0.39, 0.29) is 29.3 Å². The van der Waals surface area contributed by atoms with Gasteiger partial charge in [0.15, 0.2) is 0 Å². The molecule has 0 bridgehead atoms. The number of hydrogen-bond acceptors (Lipinski definition) is 4. The number of carbonyl (C=O) groups is 1. The number of anilines is 1. The van der Waals surface area contributed by atoms with Crippen LogP contribution in [-0.2, 0) is 16.6 Å². The van der Waals surface area contributed by atoms with Crippen LogP contribution in [0.15, 0.2) is 47.4 Å². The van der Waals surface area contributed by atoms with Gasteiger partial charge in [0.25, 0.3) is 5.91 Å². The Bertz CT molecular complexity index is 912. The average Bonchev–Trinajstić information content (AvgIpc) is 3.39. The predicted molar refractivity (Wildman–Crippen MR) is 104 cm³/mol. The molecule has 0 radical (unpaired) electrons. The van der Waals surface area contributed by atoms with Crippen LogP contribution in [0.5, 0.6) is 0 Å². The van der Waals surface area contributed by atoms with Gasteiger partial charge in [0.2, 0.25) is 10.0 Å². The van der Waals surface area contributed by atoms with E-state index >= 15 is 0 Å². The highest BCUT2D eigenvalue weighted by molar-refractivity contribution is 7.89. The molecule has 0 spiro atoms. The molecule has 1 aliphatic carbocycles. The first-order valence-electron chi connectivity index (χ1n) is 8.12. The Morgan fingerprint density at radius 2 is 1.92 bits per heavy atom. The summed E-state index contributed by atoms with van der Waals surface area (Å²) in [7, 11) is -3.58. The standard InChI is InChI=1S/C18H21N3O3S.ClH/c1-12-5-6-16(10-17(12)25(23,24)21-15-7-8-15)20-18(22)14-4-2-3-13(9-14)11-19;/h2-6,9-10,15,21H,7-8,11,19H2,1H3,(H,20,22);1H. The summed E-state index contributed by atoms with van der Waals surface area (Å²) in [6.07, 6.45) is 1.73. The molecule has 0 saturated heterocycles. The van der Waals surface area contributed by atoms with Gasteiger partial charge in [0.1, 0.15) is 0 Å². The largest absolute Gasteiger partial charge is 0.326 e. The number of rotatable bonds is 6. The molecule has 0 aliphatic heterocycles. The second-order valence-electron chi connectivity index (χ2n) is 6.23. The van der Waals surface area contributed by atoms with Crippen molar-refractivity contribution < 1.29 is 13.2 Å². The topological polar surface area (TPSA) is 101 Å². The molecule has 2 aromatic carbocycles. The van der Waals surface area contributed by atoms with E-state index in [1.54, 1.807) is 37.3 Å². The lowest BCUT2D eigenvalue weighted by atomic mass is 10.1. The summed E-state index contributed by atoms with van der Waals surface area (Å²) in [4.78, 5) is 12.6. The molecule has 1 fully saturated rings. The third-order valence-electron chi connectivity index (χ3n) is 4.06. The molecule has 6 nitrogen and oxygen atoms in total. The van der Waals surface area contributed by atoms with Crippen LogP contribution in [0.3, 0.4) is 0 Å².